The highest BCUT2D eigenvalue weighted by Crippen LogP contribution is 2.30. The maximum Gasteiger partial charge on any atom is 0.305 e. The third kappa shape index (κ3) is 4.97. The number of aryl methyl sites for hydroxylation is 1. The van der Waals surface area contributed by atoms with Crippen LogP contribution in [0, 0.1) is 6.92 Å². The maximum atomic E-state index is 11.2. The van der Waals surface area contributed by atoms with Crippen LogP contribution in [0.25, 0.3) is 28.1 Å². The zero-order chi connectivity index (χ0) is 22.3. The molecule has 0 spiro atoms. The van der Waals surface area contributed by atoms with Gasteiger partial charge in [0.2, 0.25) is 0 Å². The van der Waals surface area contributed by atoms with Gasteiger partial charge in [0.1, 0.15) is 11.6 Å². The second-order valence-corrected chi connectivity index (χ2v) is 7.73. The molecule has 4 rings (SSSR count). The monoisotopic (exact) mass is 429 g/mol. The van der Waals surface area contributed by atoms with Gasteiger partial charge in [0.15, 0.2) is 0 Å². The molecule has 2 aromatic heterocycles. The fourth-order valence-corrected chi connectivity index (χ4v) is 3.63. The highest BCUT2D eigenvalue weighted by atomic mass is 16.5. The predicted octanol–water partition coefficient (Wildman–Crippen LogP) is 5.51. The van der Waals surface area contributed by atoms with E-state index in [1.165, 1.54) is 12.7 Å². The number of aromatic nitrogens is 3. The van der Waals surface area contributed by atoms with E-state index in [2.05, 4.69) is 45.5 Å². The summed E-state index contributed by atoms with van der Waals surface area (Å²) in [6, 6.07) is 18.4. The SMILES string of the molecule is COC(=O)CCCCCOc1ccc2nc(-c3ccncc3)n(-c3ccc(C)cc3)c2c1. The lowest BCUT2D eigenvalue weighted by Gasteiger charge is -2.11. The molecule has 6 heteroatoms. The molecule has 0 saturated carbocycles. The van der Waals surface area contributed by atoms with Crippen molar-refractivity contribution in [3.8, 4) is 22.8 Å². The average molecular weight is 430 g/mol. The molecule has 164 valence electrons. The smallest absolute Gasteiger partial charge is 0.305 e. The number of carbonyl (C=O) groups excluding carboxylic acids is 1. The van der Waals surface area contributed by atoms with E-state index in [0.29, 0.717) is 13.0 Å². The molecule has 0 unspecified atom stereocenters. The quantitative estimate of drug-likeness (QED) is 0.259. The number of esters is 1. The van der Waals surface area contributed by atoms with Crippen molar-refractivity contribution in [3.63, 3.8) is 0 Å². The average Bonchev–Trinajstić information content (AvgIpc) is 3.21. The summed E-state index contributed by atoms with van der Waals surface area (Å²) in [5.74, 6) is 1.51. The van der Waals surface area contributed by atoms with Crippen LogP contribution in [0.2, 0.25) is 0 Å². The Kier molecular flexibility index (Phi) is 6.80. The Morgan fingerprint density at radius 3 is 2.50 bits per heavy atom. The van der Waals surface area contributed by atoms with Gasteiger partial charge in [0.25, 0.3) is 0 Å². The number of rotatable bonds is 9. The summed E-state index contributed by atoms with van der Waals surface area (Å²) in [4.78, 5) is 20.2. The molecule has 2 heterocycles. The molecule has 0 fully saturated rings. The van der Waals surface area contributed by atoms with Crippen molar-refractivity contribution >= 4 is 17.0 Å². The summed E-state index contributed by atoms with van der Waals surface area (Å²) in [5, 5.41) is 0. The van der Waals surface area contributed by atoms with Gasteiger partial charge in [0.05, 0.1) is 24.8 Å². The van der Waals surface area contributed by atoms with E-state index < -0.39 is 0 Å². The number of unbranched alkanes of at least 4 members (excludes halogenated alkanes) is 2. The van der Waals surface area contributed by atoms with E-state index in [1.807, 2.05) is 30.3 Å². The van der Waals surface area contributed by atoms with Gasteiger partial charge in [0, 0.05) is 36.1 Å². The Morgan fingerprint density at radius 2 is 1.75 bits per heavy atom. The van der Waals surface area contributed by atoms with Crippen molar-refractivity contribution in [2.75, 3.05) is 13.7 Å². The summed E-state index contributed by atoms with van der Waals surface area (Å²) < 4.78 is 12.8. The summed E-state index contributed by atoms with van der Waals surface area (Å²) in [6.45, 7) is 2.68. The number of nitrogens with zero attached hydrogens (tertiary/aromatic N) is 3. The third-order valence-corrected chi connectivity index (χ3v) is 5.38. The highest BCUT2D eigenvalue weighted by Gasteiger charge is 2.15. The molecule has 0 amide bonds. The van der Waals surface area contributed by atoms with Crippen molar-refractivity contribution in [1.82, 2.24) is 14.5 Å². The minimum atomic E-state index is -0.161. The standard InChI is InChI=1S/C26H27N3O3/c1-19-7-9-21(10-8-19)29-24-18-22(32-17-5-3-4-6-25(30)31-2)11-12-23(24)28-26(29)20-13-15-27-16-14-20/h7-16,18H,3-6,17H2,1-2H3. The Hall–Kier alpha value is -3.67. The first-order valence-electron chi connectivity index (χ1n) is 10.9. The van der Waals surface area contributed by atoms with Crippen LogP contribution in [0.5, 0.6) is 5.75 Å². The first kappa shape index (κ1) is 21.6. The zero-order valence-corrected chi connectivity index (χ0v) is 18.5. The second-order valence-electron chi connectivity index (χ2n) is 7.73. The largest absolute Gasteiger partial charge is 0.494 e. The molecule has 0 aliphatic carbocycles. The van der Waals surface area contributed by atoms with Crippen LogP contribution in [0.4, 0.5) is 0 Å². The number of fused-ring (bicyclic) bond motifs is 1. The first-order valence-corrected chi connectivity index (χ1v) is 10.9. The van der Waals surface area contributed by atoms with Crippen LogP contribution in [-0.2, 0) is 9.53 Å². The van der Waals surface area contributed by atoms with Crippen LogP contribution in [-0.4, -0.2) is 34.2 Å². The molecule has 0 aliphatic heterocycles. The fourth-order valence-electron chi connectivity index (χ4n) is 3.63. The van der Waals surface area contributed by atoms with Crippen LogP contribution >= 0.6 is 0 Å². The Balaban J connectivity index is 1.58. The topological polar surface area (TPSA) is 66.2 Å². The highest BCUT2D eigenvalue weighted by molar-refractivity contribution is 5.84. The molecule has 0 saturated heterocycles. The minimum absolute atomic E-state index is 0.161. The fraction of sp³-hybridized carbons (Fsp3) is 0.269. The Bertz CT molecular complexity index is 1180. The molecular formula is C26H27N3O3. The maximum absolute atomic E-state index is 11.2. The lowest BCUT2D eigenvalue weighted by molar-refractivity contribution is -0.140. The Labute approximate surface area is 187 Å². The van der Waals surface area contributed by atoms with Crippen molar-refractivity contribution in [3.05, 3.63) is 72.6 Å². The molecule has 6 nitrogen and oxygen atoms in total. The molecule has 0 N–H and O–H groups in total. The van der Waals surface area contributed by atoms with Gasteiger partial charge in [-0.25, -0.2) is 4.98 Å². The van der Waals surface area contributed by atoms with Gasteiger partial charge in [-0.3, -0.25) is 14.3 Å². The van der Waals surface area contributed by atoms with Crippen molar-refractivity contribution in [1.29, 1.82) is 0 Å². The zero-order valence-electron chi connectivity index (χ0n) is 18.5. The van der Waals surface area contributed by atoms with E-state index in [4.69, 9.17) is 9.72 Å². The first-order chi connectivity index (χ1) is 15.7. The van der Waals surface area contributed by atoms with Crippen molar-refractivity contribution in [2.45, 2.75) is 32.6 Å². The molecular weight excluding hydrogens is 402 g/mol. The van der Waals surface area contributed by atoms with Gasteiger partial charge in [-0.15, -0.1) is 0 Å². The van der Waals surface area contributed by atoms with Gasteiger partial charge < -0.3 is 9.47 Å². The molecule has 32 heavy (non-hydrogen) atoms. The molecule has 0 aliphatic rings. The number of hydrogen-bond donors (Lipinski definition) is 0. The van der Waals surface area contributed by atoms with Gasteiger partial charge in [-0.2, -0.15) is 0 Å². The van der Waals surface area contributed by atoms with Crippen LogP contribution in [0.3, 0.4) is 0 Å². The molecule has 4 aromatic rings. The number of benzene rings is 2. The van der Waals surface area contributed by atoms with Gasteiger partial charge in [-0.1, -0.05) is 17.7 Å². The van der Waals surface area contributed by atoms with Crippen LogP contribution < -0.4 is 4.74 Å². The summed E-state index contributed by atoms with van der Waals surface area (Å²) in [7, 11) is 1.42. The summed E-state index contributed by atoms with van der Waals surface area (Å²) in [6.07, 6.45) is 6.63. The number of ether oxygens (including phenoxy) is 2. The summed E-state index contributed by atoms with van der Waals surface area (Å²) in [5.41, 5.74) is 5.15. The van der Waals surface area contributed by atoms with E-state index in [1.54, 1.807) is 12.4 Å². The van der Waals surface area contributed by atoms with Crippen LogP contribution in [0.1, 0.15) is 31.2 Å². The predicted molar refractivity (Wildman–Crippen MR) is 125 cm³/mol. The minimum Gasteiger partial charge on any atom is -0.494 e. The van der Waals surface area contributed by atoms with E-state index in [-0.39, 0.29) is 5.97 Å². The van der Waals surface area contributed by atoms with Crippen molar-refractivity contribution in [2.24, 2.45) is 0 Å². The normalized spacial score (nSPS) is 10.9. The Morgan fingerprint density at radius 1 is 0.969 bits per heavy atom. The van der Waals surface area contributed by atoms with Crippen LogP contribution in [0.15, 0.2) is 67.0 Å². The number of imidazole rings is 1. The number of pyridine rings is 1. The van der Waals surface area contributed by atoms with E-state index >= 15 is 0 Å². The third-order valence-electron chi connectivity index (χ3n) is 5.38. The van der Waals surface area contributed by atoms with E-state index in [9.17, 15) is 4.79 Å². The molecule has 0 bridgehead atoms. The second kappa shape index (κ2) is 10.1. The number of methoxy groups -OCH3 is 1. The summed E-state index contributed by atoms with van der Waals surface area (Å²) >= 11 is 0. The van der Waals surface area contributed by atoms with Crippen molar-refractivity contribution < 1.29 is 14.3 Å². The lowest BCUT2D eigenvalue weighted by atomic mass is 10.2. The molecule has 0 radical (unpaired) electrons. The van der Waals surface area contributed by atoms with Gasteiger partial charge in [-0.05, 0) is 62.6 Å². The molecule has 2 aromatic carbocycles. The number of carbonyl (C=O) groups is 1. The van der Waals surface area contributed by atoms with E-state index in [0.717, 1.165) is 53.1 Å². The lowest BCUT2D eigenvalue weighted by Crippen LogP contribution is -2.01. The number of hydrogen-bond acceptors (Lipinski definition) is 5. The molecule has 0 atom stereocenters. The van der Waals surface area contributed by atoms with Gasteiger partial charge >= 0.3 is 5.97 Å².